The smallest absolute Gasteiger partial charge is 0.123 e. The first-order chi connectivity index (χ1) is 4.72. The highest BCUT2D eigenvalue weighted by Crippen LogP contribution is 2.19. The van der Waals surface area contributed by atoms with Crippen molar-refractivity contribution in [2.45, 2.75) is 26.2 Å². The van der Waals surface area contributed by atoms with Crippen LogP contribution < -0.4 is 0 Å². The Hall–Kier alpha value is 0.350. The second-order valence-electron chi connectivity index (χ2n) is 2.40. The van der Waals surface area contributed by atoms with E-state index in [-0.39, 0.29) is 5.97 Å². The molecule has 0 aromatic heterocycles. The summed E-state index contributed by atoms with van der Waals surface area (Å²) in [7, 11) is 2.63. The topological polar surface area (TPSA) is 23.5 Å². The van der Waals surface area contributed by atoms with Crippen LogP contribution in [0.2, 0.25) is 0 Å². The number of hydrogen-bond donors (Lipinski definition) is 1. The summed E-state index contributed by atoms with van der Waals surface area (Å²) in [6, 6.07) is 0. The average molecular weight is 163 g/mol. The molecular formula is C7H18NOP. The molecule has 0 amide bonds. The molecule has 0 aliphatic rings. The molecule has 2 unspecified atom stereocenters. The Labute approximate surface area is 65.4 Å². The Morgan fingerprint density at radius 1 is 1.50 bits per heavy atom. The third kappa shape index (κ3) is 4.21. The summed E-state index contributed by atoms with van der Waals surface area (Å²) in [6.45, 7) is 5.13. The fourth-order valence-electron chi connectivity index (χ4n) is 0.602. The summed E-state index contributed by atoms with van der Waals surface area (Å²) in [6.07, 6.45) is 2.32. The molecule has 0 radical (unpaired) electrons. The second-order valence-corrected chi connectivity index (χ2v) is 3.83. The van der Waals surface area contributed by atoms with Gasteiger partial charge in [-0.05, 0) is 19.8 Å². The van der Waals surface area contributed by atoms with Gasteiger partial charge in [-0.1, -0.05) is 28.8 Å². The maximum atomic E-state index is 9.39. The van der Waals surface area contributed by atoms with Gasteiger partial charge in [-0.3, -0.25) is 4.90 Å². The van der Waals surface area contributed by atoms with Crippen molar-refractivity contribution in [3.05, 3.63) is 0 Å². The molecular weight excluding hydrogens is 145 g/mol. The first kappa shape index (κ1) is 10.3. The zero-order valence-corrected chi connectivity index (χ0v) is 8.09. The first-order valence-corrected chi connectivity index (χ1v) is 5.12. The predicted molar refractivity (Wildman–Crippen MR) is 47.8 cm³/mol. The number of hydrogen-bond acceptors (Lipinski definition) is 2. The zero-order chi connectivity index (χ0) is 7.98. The molecule has 0 aliphatic heterocycles. The van der Waals surface area contributed by atoms with Crippen LogP contribution in [-0.2, 0) is 0 Å². The standard InChI is InChI=1S/C7H18NOP/c1-4-6-10-7(9)8(3)5-2/h7,9-10H,4-6H2,1-3H3. The van der Waals surface area contributed by atoms with Crippen LogP contribution in [0.3, 0.4) is 0 Å². The molecule has 2 atom stereocenters. The molecule has 0 heterocycles. The molecule has 0 saturated carbocycles. The van der Waals surface area contributed by atoms with Crippen LogP contribution in [0.1, 0.15) is 20.3 Å². The van der Waals surface area contributed by atoms with Crippen molar-refractivity contribution in [2.75, 3.05) is 19.8 Å². The Kier molecular flexibility index (Phi) is 6.30. The molecule has 3 heteroatoms. The van der Waals surface area contributed by atoms with Crippen molar-refractivity contribution in [1.29, 1.82) is 0 Å². The first-order valence-electron chi connectivity index (χ1n) is 3.84. The fourth-order valence-corrected chi connectivity index (χ4v) is 1.64. The monoisotopic (exact) mass is 163 g/mol. The van der Waals surface area contributed by atoms with E-state index in [0.717, 1.165) is 12.7 Å². The van der Waals surface area contributed by atoms with Gasteiger partial charge in [-0.25, -0.2) is 0 Å². The Balaban J connectivity index is 3.31. The quantitative estimate of drug-likeness (QED) is 0.488. The van der Waals surface area contributed by atoms with Crippen molar-refractivity contribution in [1.82, 2.24) is 4.90 Å². The van der Waals surface area contributed by atoms with Gasteiger partial charge in [0.15, 0.2) is 0 Å². The van der Waals surface area contributed by atoms with Gasteiger partial charge in [0.25, 0.3) is 0 Å². The van der Waals surface area contributed by atoms with Gasteiger partial charge in [-0.15, -0.1) is 0 Å². The van der Waals surface area contributed by atoms with Crippen molar-refractivity contribution in [3.8, 4) is 0 Å². The minimum Gasteiger partial charge on any atom is -0.375 e. The van der Waals surface area contributed by atoms with Crippen molar-refractivity contribution in [3.63, 3.8) is 0 Å². The molecule has 62 valence electrons. The number of aliphatic hydroxyl groups excluding tert-OH is 1. The van der Waals surface area contributed by atoms with Gasteiger partial charge in [0, 0.05) is 0 Å². The van der Waals surface area contributed by atoms with Gasteiger partial charge < -0.3 is 5.11 Å². The highest BCUT2D eigenvalue weighted by Gasteiger charge is 2.06. The fraction of sp³-hybridized carbons (Fsp3) is 1.00. The third-order valence-corrected chi connectivity index (χ3v) is 3.09. The van der Waals surface area contributed by atoms with E-state index in [1.54, 1.807) is 0 Å². The normalized spacial score (nSPS) is 15.3. The summed E-state index contributed by atoms with van der Waals surface area (Å²) in [5, 5.41) is 9.39. The maximum absolute atomic E-state index is 9.39. The molecule has 0 rings (SSSR count). The van der Waals surface area contributed by atoms with Crippen LogP contribution in [0.25, 0.3) is 0 Å². The van der Waals surface area contributed by atoms with E-state index >= 15 is 0 Å². The van der Waals surface area contributed by atoms with E-state index in [4.69, 9.17) is 0 Å². The third-order valence-electron chi connectivity index (χ3n) is 1.49. The van der Waals surface area contributed by atoms with Gasteiger partial charge >= 0.3 is 0 Å². The average Bonchev–Trinajstić information content (AvgIpc) is 1.98. The zero-order valence-electron chi connectivity index (χ0n) is 7.09. The van der Waals surface area contributed by atoms with E-state index in [1.807, 2.05) is 11.9 Å². The van der Waals surface area contributed by atoms with E-state index in [0.29, 0.717) is 8.58 Å². The van der Waals surface area contributed by atoms with Crippen LogP contribution in [0.15, 0.2) is 0 Å². The lowest BCUT2D eigenvalue weighted by atomic mass is 10.6. The predicted octanol–water partition coefficient (Wildman–Crippen LogP) is 1.30. The summed E-state index contributed by atoms with van der Waals surface area (Å²) >= 11 is 0. The minimum atomic E-state index is -0.204. The van der Waals surface area contributed by atoms with Crippen molar-refractivity contribution < 1.29 is 5.11 Å². The molecule has 0 aromatic carbocycles. The van der Waals surface area contributed by atoms with Crippen LogP contribution >= 0.6 is 8.58 Å². The Bertz CT molecular complexity index is 80.0. The summed E-state index contributed by atoms with van der Waals surface area (Å²) in [5.74, 6) is -0.204. The van der Waals surface area contributed by atoms with Gasteiger partial charge in [-0.2, -0.15) is 0 Å². The molecule has 0 aromatic rings. The Morgan fingerprint density at radius 3 is 2.50 bits per heavy atom. The van der Waals surface area contributed by atoms with Crippen LogP contribution in [0.5, 0.6) is 0 Å². The van der Waals surface area contributed by atoms with Crippen LogP contribution in [0.4, 0.5) is 0 Å². The van der Waals surface area contributed by atoms with Crippen molar-refractivity contribution >= 4 is 8.58 Å². The summed E-state index contributed by atoms with van der Waals surface area (Å²) in [4.78, 5) is 1.97. The molecule has 0 fully saturated rings. The molecule has 0 saturated heterocycles. The molecule has 0 spiro atoms. The maximum Gasteiger partial charge on any atom is 0.123 e. The number of nitrogens with zero attached hydrogens (tertiary/aromatic N) is 1. The number of aliphatic hydroxyl groups is 1. The highest BCUT2D eigenvalue weighted by molar-refractivity contribution is 7.38. The van der Waals surface area contributed by atoms with E-state index < -0.39 is 0 Å². The van der Waals surface area contributed by atoms with E-state index in [2.05, 4.69) is 13.8 Å². The van der Waals surface area contributed by atoms with Crippen molar-refractivity contribution in [2.24, 2.45) is 0 Å². The highest BCUT2D eigenvalue weighted by atomic mass is 31.1. The molecule has 1 N–H and O–H groups in total. The second kappa shape index (κ2) is 6.09. The molecule has 2 nitrogen and oxygen atoms in total. The lowest BCUT2D eigenvalue weighted by Crippen LogP contribution is -2.27. The molecule has 0 bridgehead atoms. The largest absolute Gasteiger partial charge is 0.375 e. The van der Waals surface area contributed by atoms with Gasteiger partial charge in [0.1, 0.15) is 5.97 Å². The number of rotatable bonds is 5. The van der Waals surface area contributed by atoms with Gasteiger partial charge in [0.05, 0.1) is 0 Å². The molecule has 0 aliphatic carbocycles. The lowest BCUT2D eigenvalue weighted by molar-refractivity contribution is 0.101. The molecule has 10 heavy (non-hydrogen) atoms. The summed E-state index contributed by atoms with van der Waals surface area (Å²) < 4.78 is 0. The van der Waals surface area contributed by atoms with Crippen LogP contribution in [-0.4, -0.2) is 35.7 Å². The summed E-state index contributed by atoms with van der Waals surface area (Å²) in [5.41, 5.74) is 0. The Morgan fingerprint density at radius 2 is 2.10 bits per heavy atom. The van der Waals surface area contributed by atoms with Crippen LogP contribution in [0, 0.1) is 0 Å². The van der Waals surface area contributed by atoms with E-state index in [9.17, 15) is 5.11 Å². The van der Waals surface area contributed by atoms with E-state index in [1.165, 1.54) is 6.42 Å². The lowest BCUT2D eigenvalue weighted by Gasteiger charge is -2.20. The van der Waals surface area contributed by atoms with Gasteiger partial charge in [0.2, 0.25) is 0 Å². The minimum absolute atomic E-state index is 0.204. The SMILES string of the molecule is CCCPC(O)N(C)CC.